The molecule has 0 saturated heterocycles. The number of halogens is 3. The smallest absolute Gasteiger partial charge is 0.416 e. The number of phenolic OH excluding ortho intramolecular Hbond substituents is 1. The van der Waals surface area contributed by atoms with E-state index in [1.54, 1.807) is 0 Å². The zero-order valence-electron chi connectivity index (χ0n) is 15.7. The number of ether oxygens (including phenoxy) is 1. The summed E-state index contributed by atoms with van der Waals surface area (Å²) < 4.78 is 44.3. The summed E-state index contributed by atoms with van der Waals surface area (Å²) in [5.41, 5.74) is 1.18. The fraction of sp³-hybridized carbons (Fsp3) is 0.500. The molecule has 0 spiro atoms. The predicted molar refractivity (Wildman–Crippen MR) is 99.4 cm³/mol. The van der Waals surface area contributed by atoms with Crippen LogP contribution in [-0.2, 0) is 23.9 Å². The van der Waals surface area contributed by atoms with Crippen LogP contribution in [-0.4, -0.2) is 39.2 Å². The molecule has 9 heteroatoms. The third-order valence-corrected chi connectivity index (χ3v) is 5.56. The van der Waals surface area contributed by atoms with E-state index in [1.165, 1.54) is 6.07 Å². The average Bonchev–Trinajstić information content (AvgIpc) is 2.69. The van der Waals surface area contributed by atoms with E-state index in [0.717, 1.165) is 42.9 Å². The molecule has 0 bridgehead atoms. The number of benzene rings is 1. The van der Waals surface area contributed by atoms with E-state index in [-0.39, 0.29) is 18.2 Å². The monoisotopic (exact) mass is 409 g/mol. The fourth-order valence-electron chi connectivity index (χ4n) is 3.98. The van der Waals surface area contributed by atoms with E-state index < -0.39 is 23.6 Å². The molecule has 0 unspecified atom stereocenters. The Balaban J connectivity index is 1.71. The minimum absolute atomic E-state index is 0.130. The van der Waals surface area contributed by atoms with Crippen molar-refractivity contribution >= 4 is 5.82 Å². The molecule has 2 aliphatic rings. The molecule has 4 rings (SSSR count). The molecule has 1 saturated carbocycles. The van der Waals surface area contributed by atoms with Crippen molar-refractivity contribution < 1.29 is 28.1 Å². The molecule has 1 aromatic carbocycles. The molecule has 0 amide bonds. The number of phenols is 1. The standard InChI is InChI=1S/C20H22F3N3O3/c21-20(22,23)11-5-6-13(17(28)9-11)18-12-7-8-29-10-14(12)19(26-25-18)24-15-3-1-2-4-16(15)27/h5-6,9,15-16,27-28H,1-4,7-8,10H2,(H,24,26)/t15-,16+/m1/s1. The molecule has 29 heavy (non-hydrogen) atoms. The van der Waals surface area contributed by atoms with E-state index in [9.17, 15) is 23.4 Å². The Morgan fingerprint density at radius 1 is 1.10 bits per heavy atom. The zero-order chi connectivity index (χ0) is 20.6. The second-order valence-corrected chi connectivity index (χ2v) is 7.49. The highest BCUT2D eigenvalue weighted by Crippen LogP contribution is 2.39. The number of nitrogens with zero attached hydrogens (tertiary/aromatic N) is 2. The third-order valence-electron chi connectivity index (χ3n) is 5.56. The van der Waals surface area contributed by atoms with Gasteiger partial charge in [-0.15, -0.1) is 10.2 Å². The first-order chi connectivity index (χ1) is 13.8. The van der Waals surface area contributed by atoms with Crippen molar-refractivity contribution in [3.05, 3.63) is 34.9 Å². The number of fused-ring (bicyclic) bond motifs is 1. The molecule has 2 heterocycles. The van der Waals surface area contributed by atoms with Crippen LogP contribution in [0.3, 0.4) is 0 Å². The maximum atomic E-state index is 12.9. The molecule has 2 aromatic rings. The Bertz CT molecular complexity index is 905. The van der Waals surface area contributed by atoms with E-state index in [1.807, 2.05) is 0 Å². The third kappa shape index (κ3) is 4.02. The molecule has 0 radical (unpaired) electrons. The first-order valence-corrected chi connectivity index (χ1v) is 9.66. The Morgan fingerprint density at radius 3 is 2.62 bits per heavy atom. The van der Waals surface area contributed by atoms with E-state index in [0.29, 0.717) is 30.6 Å². The number of hydrogen-bond acceptors (Lipinski definition) is 6. The highest BCUT2D eigenvalue weighted by molar-refractivity contribution is 5.73. The lowest BCUT2D eigenvalue weighted by Gasteiger charge is -2.30. The van der Waals surface area contributed by atoms with Crippen LogP contribution in [0, 0.1) is 0 Å². The number of nitrogens with one attached hydrogen (secondary N) is 1. The van der Waals surface area contributed by atoms with Gasteiger partial charge >= 0.3 is 6.18 Å². The fourth-order valence-corrected chi connectivity index (χ4v) is 3.98. The number of alkyl halides is 3. The molecule has 156 valence electrons. The van der Waals surface area contributed by atoms with Gasteiger partial charge in [0.1, 0.15) is 11.4 Å². The zero-order valence-corrected chi connectivity index (χ0v) is 15.7. The van der Waals surface area contributed by atoms with Crippen LogP contribution in [0.15, 0.2) is 18.2 Å². The highest BCUT2D eigenvalue weighted by atomic mass is 19.4. The molecule has 1 aliphatic carbocycles. The highest BCUT2D eigenvalue weighted by Gasteiger charge is 2.32. The number of hydrogen-bond donors (Lipinski definition) is 3. The van der Waals surface area contributed by atoms with Crippen LogP contribution in [0.25, 0.3) is 11.3 Å². The Hall–Kier alpha value is -2.39. The normalized spacial score (nSPS) is 22.2. The second-order valence-electron chi connectivity index (χ2n) is 7.49. The summed E-state index contributed by atoms with van der Waals surface area (Å²) >= 11 is 0. The largest absolute Gasteiger partial charge is 0.507 e. The summed E-state index contributed by atoms with van der Waals surface area (Å²) in [5.74, 6) is 0.0204. The molecule has 1 aromatic heterocycles. The summed E-state index contributed by atoms with van der Waals surface area (Å²) in [6.45, 7) is 0.725. The van der Waals surface area contributed by atoms with Gasteiger partial charge in [-0.05, 0) is 43.0 Å². The topological polar surface area (TPSA) is 87.5 Å². The molecule has 6 nitrogen and oxygen atoms in total. The van der Waals surface area contributed by atoms with Crippen LogP contribution in [0.1, 0.15) is 42.4 Å². The maximum Gasteiger partial charge on any atom is 0.416 e. The van der Waals surface area contributed by atoms with Gasteiger partial charge in [-0.1, -0.05) is 12.8 Å². The van der Waals surface area contributed by atoms with Crippen molar-refractivity contribution in [3.63, 3.8) is 0 Å². The van der Waals surface area contributed by atoms with Crippen LogP contribution < -0.4 is 5.32 Å². The summed E-state index contributed by atoms with van der Waals surface area (Å²) in [4.78, 5) is 0. The lowest BCUT2D eigenvalue weighted by molar-refractivity contribution is -0.137. The lowest BCUT2D eigenvalue weighted by Crippen LogP contribution is -2.37. The SMILES string of the molecule is Oc1cc(C(F)(F)F)ccc1-c1nnc(N[C@@H]2CCCC[C@@H]2O)c2c1CCOC2. The Kier molecular flexibility index (Phi) is 5.35. The van der Waals surface area contributed by atoms with Gasteiger partial charge in [0, 0.05) is 11.1 Å². The number of anilines is 1. The molecule has 1 fully saturated rings. The van der Waals surface area contributed by atoms with E-state index >= 15 is 0 Å². The lowest BCUT2D eigenvalue weighted by atomic mass is 9.92. The van der Waals surface area contributed by atoms with Gasteiger partial charge in [-0.3, -0.25) is 0 Å². The molecular formula is C20H22F3N3O3. The van der Waals surface area contributed by atoms with Gasteiger partial charge in [0.25, 0.3) is 0 Å². The van der Waals surface area contributed by atoms with Crippen molar-refractivity contribution in [3.8, 4) is 17.0 Å². The summed E-state index contributed by atoms with van der Waals surface area (Å²) in [5, 5.41) is 32.2. The van der Waals surface area contributed by atoms with E-state index in [2.05, 4.69) is 15.5 Å². The summed E-state index contributed by atoms with van der Waals surface area (Å²) in [6, 6.07) is 2.71. The van der Waals surface area contributed by atoms with Crippen LogP contribution in [0.2, 0.25) is 0 Å². The predicted octanol–water partition coefficient (Wildman–Crippen LogP) is 3.66. The minimum Gasteiger partial charge on any atom is -0.507 e. The van der Waals surface area contributed by atoms with Gasteiger partial charge in [0.2, 0.25) is 0 Å². The van der Waals surface area contributed by atoms with Crippen molar-refractivity contribution in [2.24, 2.45) is 0 Å². The van der Waals surface area contributed by atoms with Gasteiger partial charge in [0.05, 0.1) is 30.9 Å². The molecule has 2 atom stereocenters. The van der Waals surface area contributed by atoms with Gasteiger partial charge < -0.3 is 20.3 Å². The van der Waals surface area contributed by atoms with Gasteiger partial charge in [0.15, 0.2) is 5.82 Å². The van der Waals surface area contributed by atoms with Crippen LogP contribution >= 0.6 is 0 Å². The van der Waals surface area contributed by atoms with Gasteiger partial charge in [-0.2, -0.15) is 13.2 Å². The van der Waals surface area contributed by atoms with Crippen LogP contribution in [0.4, 0.5) is 19.0 Å². The van der Waals surface area contributed by atoms with Crippen molar-refractivity contribution in [2.45, 2.75) is 57.0 Å². The summed E-state index contributed by atoms with van der Waals surface area (Å²) in [6.07, 6.45) is -0.964. The van der Waals surface area contributed by atoms with Gasteiger partial charge in [-0.25, -0.2) is 0 Å². The number of aliphatic hydroxyl groups is 1. The van der Waals surface area contributed by atoms with Crippen molar-refractivity contribution in [2.75, 3.05) is 11.9 Å². The van der Waals surface area contributed by atoms with Crippen molar-refractivity contribution in [1.82, 2.24) is 10.2 Å². The molecule has 1 aliphatic heterocycles. The van der Waals surface area contributed by atoms with Crippen LogP contribution in [0.5, 0.6) is 5.75 Å². The van der Waals surface area contributed by atoms with Crippen molar-refractivity contribution in [1.29, 1.82) is 0 Å². The molecule has 3 N–H and O–H groups in total. The molecular weight excluding hydrogens is 387 g/mol. The Morgan fingerprint density at radius 2 is 1.90 bits per heavy atom. The first kappa shape index (κ1) is 19.9. The Labute approximate surface area is 165 Å². The number of aromatic hydroxyl groups is 1. The maximum absolute atomic E-state index is 12.9. The minimum atomic E-state index is -4.54. The van der Waals surface area contributed by atoms with E-state index in [4.69, 9.17) is 4.74 Å². The first-order valence-electron chi connectivity index (χ1n) is 9.66. The second kappa shape index (κ2) is 7.79. The average molecular weight is 409 g/mol. The summed E-state index contributed by atoms with van der Waals surface area (Å²) in [7, 11) is 0. The number of rotatable bonds is 3. The number of aliphatic hydroxyl groups excluding tert-OH is 1. The quantitative estimate of drug-likeness (QED) is 0.717. The number of aromatic nitrogens is 2.